The van der Waals surface area contributed by atoms with Crippen LogP contribution in [0.1, 0.15) is 50.3 Å². The zero-order valence-electron chi connectivity index (χ0n) is 50.9. The highest BCUT2D eigenvalue weighted by Gasteiger charge is 2.16. The summed E-state index contributed by atoms with van der Waals surface area (Å²) < 4.78 is 4.76. The molecule has 15 aromatic rings. The van der Waals surface area contributed by atoms with Crippen LogP contribution in [0.2, 0.25) is 0 Å². The second kappa shape index (κ2) is 24.9. The molecule has 0 amide bonds. The van der Waals surface area contributed by atoms with Crippen molar-refractivity contribution in [2.45, 2.75) is 62.3 Å². The van der Waals surface area contributed by atoms with Gasteiger partial charge in [-0.1, -0.05) is 209 Å². The summed E-state index contributed by atoms with van der Waals surface area (Å²) in [5, 5.41) is 7.70. The molecule has 0 saturated carbocycles. The second-order valence-electron chi connectivity index (χ2n) is 22.8. The Balaban J connectivity index is 0.000000121. The smallest absolute Gasteiger partial charge is 0.163 e. The van der Waals surface area contributed by atoms with E-state index in [-0.39, 0.29) is 0 Å². The van der Waals surface area contributed by atoms with Crippen molar-refractivity contribution in [3.8, 4) is 56.7 Å². The van der Waals surface area contributed by atoms with E-state index >= 15 is 0 Å². The van der Waals surface area contributed by atoms with Gasteiger partial charge < -0.3 is 9.13 Å². The third-order valence-corrected chi connectivity index (χ3v) is 16.0. The summed E-state index contributed by atoms with van der Waals surface area (Å²) in [7, 11) is 0. The van der Waals surface area contributed by atoms with Crippen molar-refractivity contribution in [2.75, 3.05) is 0 Å². The van der Waals surface area contributed by atoms with Gasteiger partial charge >= 0.3 is 0 Å². The molecule has 10 aromatic carbocycles. The van der Waals surface area contributed by atoms with E-state index in [0.29, 0.717) is 0 Å². The van der Waals surface area contributed by atoms with Crippen molar-refractivity contribution in [3.63, 3.8) is 0 Å². The van der Waals surface area contributed by atoms with Crippen molar-refractivity contribution < 1.29 is 0 Å². The number of aryl methyl sites for hydroxylation is 9. The molecule has 0 bridgehead atoms. The third-order valence-electron chi connectivity index (χ3n) is 16.0. The number of para-hydroxylation sites is 2. The van der Waals surface area contributed by atoms with E-state index in [1.165, 1.54) is 121 Å². The van der Waals surface area contributed by atoms with Crippen molar-refractivity contribution >= 4 is 54.4 Å². The molecule has 5 aromatic heterocycles. The second-order valence-corrected chi connectivity index (χ2v) is 22.8. The van der Waals surface area contributed by atoms with E-state index < -0.39 is 0 Å². The van der Waals surface area contributed by atoms with Gasteiger partial charge in [0.1, 0.15) is 5.82 Å². The summed E-state index contributed by atoms with van der Waals surface area (Å²) >= 11 is 0. The van der Waals surface area contributed by atoms with Gasteiger partial charge in [-0.2, -0.15) is 0 Å². The largest absolute Gasteiger partial charge is 0.309 e. The van der Waals surface area contributed by atoms with Crippen LogP contribution in [0.5, 0.6) is 0 Å². The first kappa shape index (κ1) is 56.8. The molecule has 0 aliphatic rings. The highest BCUT2D eigenvalue weighted by molar-refractivity contribution is 6.10. The Kier molecular flexibility index (Phi) is 16.3. The van der Waals surface area contributed by atoms with Crippen LogP contribution in [0, 0.1) is 62.3 Å². The molecule has 0 unspecified atom stereocenters. The maximum atomic E-state index is 4.61. The van der Waals surface area contributed by atoms with Crippen molar-refractivity contribution in [2.24, 2.45) is 0 Å². The first-order valence-electron chi connectivity index (χ1n) is 29.7. The van der Waals surface area contributed by atoms with Gasteiger partial charge in [-0.05, 0) is 146 Å². The normalized spacial score (nSPS) is 11.0. The average molecular weight is 1130 g/mol. The Morgan fingerprint density at radius 2 is 0.644 bits per heavy atom. The Bertz CT molecular complexity index is 4660. The van der Waals surface area contributed by atoms with Crippen LogP contribution in [-0.2, 0) is 0 Å². The number of hydrogen-bond acceptors (Lipinski definition) is 5. The number of hydrogen-bond donors (Lipinski definition) is 0. The van der Waals surface area contributed by atoms with Crippen LogP contribution >= 0.6 is 0 Å². The van der Waals surface area contributed by atoms with Crippen LogP contribution < -0.4 is 0 Å². The van der Waals surface area contributed by atoms with E-state index in [1.54, 1.807) is 0 Å². The van der Waals surface area contributed by atoms with E-state index in [1.807, 2.05) is 50.5 Å². The molecular weight excluding hydrogens is 1060 g/mol. The summed E-state index contributed by atoms with van der Waals surface area (Å²) in [6, 6.07) is 85.9. The maximum Gasteiger partial charge on any atom is 0.163 e. The predicted molar refractivity (Wildman–Crippen MR) is 365 cm³/mol. The molecule has 7 nitrogen and oxygen atoms in total. The molecule has 0 aliphatic carbocycles. The molecule has 87 heavy (non-hydrogen) atoms. The molecule has 5 heterocycles. The monoisotopic (exact) mass is 1130 g/mol. The zero-order valence-corrected chi connectivity index (χ0v) is 50.9. The lowest BCUT2D eigenvalue weighted by Crippen LogP contribution is -1.99. The average Bonchev–Trinajstić information content (AvgIpc) is 1.67. The summed E-state index contributed by atoms with van der Waals surface area (Å²) in [4.78, 5) is 22.5. The molecule has 7 heteroatoms. The van der Waals surface area contributed by atoms with Crippen LogP contribution in [-0.4, -0.2) is 34.1 Å². The number of rotatable bonds is 6. The van der Waals surface area contributed by atoms with Crippen molar-refractivity contribution in [1.29, 1.82) is 0 Å². The number of benzene rings is 10. The number of fused-ring (bicyclic) bond motifs is 7. The molecule has 0 radical (unpaired) electrons. The van der Waals surface area contributed by atoms with E-state index in [2.05, 4.69) is 301 Å². The fraction of sp³-hybridized carbons (Fsp3) is 0.113. The summed E-state index contributed by atoms with van der Waals surface area (Å²) in [5.74, 6) is 2.17. The quantitative estimate of drug-likeness (QED) is 0.166. The summed E-state index contributed by atoms with van der Waals surface area (Å²) in [6.45, 7) is 18.7. The standard InChI is InChI=1S/C32H24N2.C18H17N3.C17H15N.C13H13N/c1-21-11-17-31-27(19-21)25-7-3-5-9-29(25)33(31)23-13-15-24(16-14-23)34-30-10-6-4-8-26(30)28-20-22(2)12-18-32(28)34;1-12-4-8-15(9-5-12)17-19-14(3)20-18(21-17)16-10-6-13(2)7-11-16;1-12-7-9-14(10-8-12)17-16-6-4-3-5-15(16)13(2)11-18-17;1-10-3-6-12(7-4-10)13-8-5-11(2)9-14-13/h3-20H,1-2H3;4-11H,1-3H3;3-11H,1-2H3;3-9H,1-2H3. The lowest BCUT2D eigenvalue weighted by Gasteiger charge is -2.12. The first-order chi connectivity index (χ1) is 42.3. The third kappa shape index (κ3) is 12.3. The van der Waals surface area contributed by atoms with Gasteiger partial charge in [0.25, 0.3) is 0 Å². The van der Waals surface area contributed by atoms with Crippen LogP contribution in [0.4, 0.5) is 0 Å². The molecule has 15 rings (SSSR count). The van der Waals surface area contributed by atoms with Gasteiger partial charge in [0.15, 0.2) is 11.6 Å². The molecule has 0 saturated heterocycles. The molecule has 0 N–H and O–H groups in total. The molecule has 0 spiro atoms. The minimum absolute atomic E-state index is 0.720. The van der Waals surface area contributed by atoms with Gasteiger partial charge in [0.2, 0.25) is 0 Å². The molecular formula is C80H69N7. The van der Waals surface area contributed by atoms with Crippen LogP contribution in [0.15, 0.2) is 255 Å². The van der Waals surface area contributed by atoms with Gasteiger partial charge in [0, 0.05) is 73.0 Å². The molecule has 0 fully saturated rings. The molecule has 424 valence electrons. The van der Waals surface area contributed by atoms with Gasteiger partial charge in [-0.25, -0.2) is 15.0 Å². The summed E-state index contributed by atoms with van der Waals surface area (Å²) in [6.07, 6.45) is 3.85. The number of aromatic nitrogens is 7. The first-order valence-corrected chi connectivity index (χ1v) is 29.7. The minimum Gasteiger partial charge on any atom is -0.309 e. The van der Waals surface area contributed by atoms with Crippen LogP contribution in [0.25, 0.3) is 111 Å². The van der Waals surface area contributed by atoms with E-state index in [9.17, 15) is 0 Å². The number of pyridine rings is 2. The highest BCUT2D eigenvalue weighted by atomic mass is 15.0. The lowest BCUT2D eigenvalue weighted by molar-refractivity contribution is 0.991. The van der Waals surface area contributed by atoms with Crippen molar-refractivity contribution in [1.82, 2.24) is 34.1 Å². The zero-order chi connectivity index (χ0) is 60.1. The predicted octanol–water partition coefficient (Wildman–Crippen LogP) is 20.5. The van der Waals surface area contributed by atoms with Crippen molar-refractivity contribution in [3.05, 3.63) is 305 Å². The van der Waals surface area contributed by atoms with Gasteiger partial charge in [-0.15, -0.1) is 0 Å². The van der Waals surface area contributed by atoms with E-state index in [4.69, 9.17) is 0 Å². The lowest BCUT2D eigenvalue weighted by atomic mass is 10.0. The Hall–Kier alpha value is -10.6. The topological polar surface area (TPSA) is 74.3 Å². The minimum atomic E-state index is 0.720. The highest BCUT2D eigenvalue weighted by Crippen LogP contribution is 2.36. The number of nitrogens with zero attached hydrogens (tertiary/aromatic N) is 7. The fourth-order valence-corrected chi connectivity index (χ4v) is 11.3. The SMILES string of the molecule is Cc1ccc(-c2ccc(C)cn2)cc1.Cc1ccc(-c2nc(C)nc(-c3ccc(C)cc3)n2)cc1.Cc1ccc(-c2ncc(C)c3ccccc23)cc1.Cc1ccc2c(c1)c1ccccc1n2-c1ccc(-n2c3ccccc3c3cc(C)ccc32)cc1. The fourth-order valence-electron chi connectivity index (χ4n) is 11.3. The Morgan fingerprint density at radius 3 is 1.09 bits per heavy atom. The molecule has 0 aliphatic heterocycles. The molecule has 0 atom stereocenters. The maximum absolute atomic E-state index is 4.61. The van der Waals surface area contributed by atoms with Gasteiger partial charge in [0.05, 0.1) is 33.5 Å². The van der Waals surface area contributed by atoms with E-state index in [0.717, 1.165) is 40.0 Å². The Morgan fingerprint density at radius 1 is 0.264 bits per heavy atom. The van der Waals surface area contributed by atoms with Gasteiger partial charge in [-0.3, -0.25) is 9.97 Å². The Labute approximate surface area is 510 Å². The van der Waals surface area contributed by atoms with Crippen LogP contribution in [0.3, 0.4) is 0 Å². The summed E-state index contributed by atoms with van der Waals surface area (Å²) in [5.41, 5.74) is 23.8.